The Balaban J connectivity index is 2.61. The van der Waals surface area contributed by atoms with Gasteiger partial charge in [0.05, 0.1) is 4.90 Å². The largest absolute Gasteiger partial charge is 0.300 e. The molecule has 0 unspecified atom stereocenters. The molecule has 3 nitrogen and oxygen atoms in total. The number of rotatable bonds is 3. The van der Waals surface area contributed by atoms with Gasteiger partial charge >= 0.3 is 10.1 Å². The van der Waals surface area contributed by atoms with Gasteiger partial charge in [-0.3, -0.25) is 4.55 Å². The summed E-state index contributed by atoms with van der Waals surface area (Å²) in [6, 6.07) is 6.20. The topological polar surface area (TPSA) is 54.4 Å². The van der Waals surface area contributed by atoms with Crippen molar-refractivity contribution in [2.45, 2.75) is 21.6 Å². The second-order valence-corrected chi connectivity index (χ2v) is 6.75. The molecule has 0 amide bonds. The third kappa shape index (κ3) is 3.11. The Morgan fingerprint density at radius 3 is 1.77 bits per heavy atom. The third-order valence-electron chi connectivity index (χ3n) is 2.68. The van der Waals surface area contributed by atoms with E-state index in [-0.39, 0.29) is 0 Å². The van der Waals surface area contributed by atoms with Crippen LogP contribution in [0, 0.1) is 30.2 Å². The molecule has 0 heterocycles. The van der Waals surface area contributed by atoms with Crippen molar-refractivity contribution in [2.24, 2.45) is 0 Å². The molecule has 0 saturated carbocycles. The summed E-state index contributed by atoms with van der Waals surface area (Å²) in [7, 11) is -5.44. The summed E-state index contributed by atoms with van der Waals surface area (Å²) in [4.78, 5) is -2.79. The van der Waals surface area contributed by atoms with Crippen LogP contribution in [0.1, 0.15) is 5.56 Å². The molecule has 118 valence electrons. The zero-order chi connectivity index (χ0) is 16.7. The van der Waals surface area contributed by atoms with Crippen molar-refractivity contribution in [1.29, 1.82) is 0 Å². The van der Waals surface area contributed by atoms with Crippen LogP contribution in [-0.2, 0) is 10.1 Å². The molecule has 0 saturated heterocycles. The Morgan fingerprint density at radius 1 is 0.909 bits per heavy atom. The van der Waals surface area contributed by atoms with Crippen LogP contribution in [-0.4, -0.2) is 13.0 Å². The summed E-state index contributed by atoms with van der Waals surface area (Å²) in [6.07, 6.45) is 0. The maximum Gasteiger partial charge on any atom is 0.300 e. The smallest absolute Gasteiger partial charge is 0.282 e. The first-order valence-corrected chi connectivity index (χ1v) is 7.96. The Kier molecular flexibility index (Phi) is 4.50. The van der Waals surface area contributed by atoms with Gasteiger partial charge in [0.1, 0.15) is 0 Å². The molecule has 0 atom stereocenters. The SMILES string of the molecule is Cc1ccc(Sc2c(F)c(F)c(S(=O)(=O)O)c(F)c2F)cc1. The molecule has 0 aromatic heterocycles. The van der Waals surface area contributed by atoms with Gasteiger partial charge in [-0.15, -0.1) is 0 Å². The lowest BCUT2D eigenvalue weighted by Gasteiger charge is -2.10. The second kappa shape index (κ2) is 5.90. The fraction of sp³-hybridized carbons (Fsp3) is 0.0769. The van der Waals surface area contributed by atoms with Crippen LogP contribution in [0.15, 0.2) is 39.0 Å². The van der Waals surface area contributed by atoms with Gasteiger partial charge in [0.15, 0.2) is 28.2 Å². The molecule has 2 aromatic carbocycles. The molecule has 0 fully saturated rings. The molecule has 0 spiro atoms. The Labute approximate surface area is 127 Å². The number of aryl methyl sites for hydroxylation is 1. The van der Waals surface area contributed by atoms with E-state index in [1.807, 2.05) is 0 Å². The highest BCUT2D eigenvalue weighted by atomic mass is 32.2. The maximum atomic E-state index is 13.8. The van der Waals surface area contributed by atoms with Crippen molar-refractivity contribution in [2.75, 3.05) is 0 Å². The van der Waals surface area contributed by atoms with E-state index in [9.17, 15) is 26.0 Å². The predicted octanol–water partition coefficient (Wildman–Crippen LogP) is 3.95. The van der Waals surface area contributed by atoms with Crippen molar-refractivity contribution in [3.8, 4) is 0 Å². The Morgan fingerprint density at radius 2 is 1.36 bits per heavy atom. The average molecular weight is 352 g/mol. The van der Waals surface area contributed by atoms with Crippen molar-refractivity contribution in [3.05, 3.63) is 53.1 Å². The van der Waals surface area contributed by atoms with Gasteiger partial charge in [-0.05, 0) is 19.1 Å². The molecule has 0 bridgehead atoms. The zero-order valence-electron chi connectivity index (χ0n) is 10.9. The molecule has 0 aliphatic rings. The molecule has 2 rings (SSSR count). The second-order valence-electron chi connectivity index (χ2n) is 4.30. The summed E-state index contributed by atoms with van der Waals surface area (Å²) in [6.45, 7) is 1.77. The monoisotopic (exact) mass is 352 g/mol. The van der Waals surface area contributed by atoms with Gasteiger partial charge < -0.3 is 0 Å². The summed E-state index contributed by atoms with van der Waals surface area (Å²) in [5, 5.41) is 0. The van der Waals surface area contributed by atoms with Crippen LogP contribution in [0.4, 0.5) is 17.6 Å². The van der Waals surface area contributed by atoms with Gasteiger partial charge in [-0.25, -0.2) is 17.6 Å². The number of halogens is 4. The van der Waals surface area contributed by atoms with E-state index < -0.39 is 43.2 Å². The fourth-order valence-corrected chi connectivity index (χ4v) is 3.13. The maximum absolute atomic E-state index is 13.8. The van der Waals surface area contributed by atoms with E-state index in [4.69, 9.17) is 4.55 Å². The van der Waals surface area contributed by atoms with Gasteiger partial charge in [0, 0.05) is 4.90 Å². The Bertz CT molecular complexity index is 804. The molecule has 0 aliphatic heterocycles. The quantitative estimate of drug-likeness (QED) is 0.516. The Hall–Kier alpha value is -1.58. The normalized spacial score (nSPS) is 11.7. The number of hydrogen-bond donors (Lipinski definition) is 1. The van der Waals surface area contributed by atoms with E-state index in [2.05, 4.69) is 0 Å². The van der Waals surface area contributed by atoms with E-state index in [1.54, 1.807) is 19.1 Å². The first kappa shape index (κ1) is 16.8. The van der Waals surface area contributed by atoms with Crippen LogP contribution in [0.5, 0.6) is 0 Å². The van der Waals surface area contributed by atoms with Crippen LogP contribution in [0.25, 0.3) is 0 Å². The van der Waals surface area contributed by atoms with E-state index >= 15 is 0 Å². The van der Waals surface area contributed by atoms with Gasteiger partial charge in [0.2, 0.25) is 0 Å². The van der Waals surface area contributed by atoms with E-state index in [0.717, 1.165) is 5.56 Å². The van der Waals surface area contributed by atoms with Crippen LogP contribution < -0.4 is 0 Å². The lowest BCUT2D eigenvalue weighted by Crippen LogP contribution is -2.11. The van der Waals surface area contributed by atoms with Gasteiger partial charge in [-0.1, -0.05) is 29.5 Å². The van der Waals surface area contributed by atoms with Crippen molar-refractivity contribution >= 4 is 21.9 Å². The van der Waals surface area contributed by atoms with Crippen LogP contribution in [0.3, 0.4) is 0 Å². The number of benzene rings is 2. The highest BCUT2D eigenvalue weighted by Gasteiger charge is 2.32. The van der Waals surface area contributed by atoms with Gasteiger partial charge in [-0.2, -0.15) is 8.42 Å². The fourth-order valence-electron chi connectivity index (χ4n) is 1.63. The standard InChI is InChI=1S/C13H8F4O3S2/c1-6-2-4-7(5-3-6)21-12-8(14)10(16)13(22(18,19)20)11(17)9(12)15/h2-5H,1H3,(H,18,19,20). The van der Waals surface area contributed by atoms with Crippen molar-refractivity contribution in [3.63, 3.8) is 0 Å². The first-order chi connectivity index (χ1) is 10.1. The molecule has 0 aliphatic carbocycles. The van der Waals surface area contributed by atoms with Gasteiger partial charge in [0.25, 0.3) is 0 Å². The van der Waals surface area contributed by atoms with Crippen LogP contribution in [0.2, 0.25) is 0 Å². The lowest BCUT2D eigenvalue weighted by molar-refractivity contribution is 0.384. The number of hydrogen-bond acceptors (Lipinski definition) is 3. The highest BCUT2D eigenvalue weighted by molar-refractivity contribution is 7.99. The average Bonchev–Trinajstić information content (AvgIpc) is 2.42. The molecule has 0 radical (unpaired) electrons. The molecular formula is C13H8F4O3S2. The molecule has 22 heavy (non-hydrogen) atoms. The minimum atomic E-state index is -5.44. The van der Waals surface area contributed by atoms with Crippen molar-refractivity contribution < 1.29 is 30.5 Å². The summed E-state index contributed by atoms with van der Waals surface area (Å²) >= 11 is 0.391. The molecular weight excluding hydrogens is 344 g/mol. The van der Waals surface area contributed by atoms with E-state index in [0.29, 0.717) is 16.7 Å². The summed E-state index contributed by atoms with van der Waals surface area (Å²) in [5.74, 6) is -8.12. The predicted molar refractivity (Wildman–Crippen MR) is 71.4 cm³/mol. The minimum absolute atomic E-state index is 0.293. The first-order valence-electron chi connectivity index (χ1n) is 5.71. The zero-order valence-corrected chi connectivity index (χ0v) is 12.5. The van der Waals surface area contributed by atoms with Crippen molar-refractivity contribution in [1.82, 2.24) is 0 Å². The third-order valence-corrected chi connectivity index (χ3v) is 4.63. The summed E-state index contributed by atoms with van der Waals surface area (Å²) < 4.78 is 85.2. The highest BCUT2D eigenvalue weighted by Crippen LogP contribution is 2.37. The van der Waals surface area contributed by atoms with E-state index in [1.165, 1.54) is 12.1 Å². The van der Waals surface area contributed by atoms with Crippen LogP contribution >= 0.6 is 11.8 Å². The molecule has 2 aromatic rings. The summed E-state index contributed by atoms with van der Waals surface area (Å²) in [5.41, 5.74) is 0.865. The molecule has 9 heteroatoms. The minimum Gasteiger partial charge on any atom is -0.282 e. The molecule has 1 N–H and O–H groups in total. The lowest BCUT2D eigenvalue weighted by atomic mass is 10.2.